The SMILES string of the molecule is Cc1cccc2c1N(C)C1(CCc3cc([N+](=O)[O-])ccc3O1)C2(C)C. The highest BCUT2D eigenvalue weighted by Gasteiger charge is 2.59. The zero-order chi connectivity index (χ0) is 18.0. The molecule has 0 N–H and O–H groups in total. The van der Waals surface area contributed by atoms with Crippen molar-refractivity contribution in [2.75, 3.05) is 11.9 Å². The predicted molar refractivity (Wildman–Crippen MR) is 97.4 cm³/mol. The Morgan fingerprint density at radius 3 is 2.68 bits per heavy atom. The Labute approximate surface area is 147 Å². The number of nitrogens with zero attached hydrogens (tertiary/aromatic N) is 2. The lowest BCUT2D eigenvalue weighted by Gasteiger charge is -2.48. The molecule has 2 aromatic carbocycles. The molecule has 2 aliphatic rings. The molecule has 0 saturated heterocycles. The smallest absolute Gasteiger partial charge is 0.269 e. The van der Waals surface area contributed by atoms with E-state index >= 15 is 0 Å². The molecule has 0 radical (unpaired) electrons. The number of aryl methyl sites for hydroxylation is 2. The topological polar surface area (TPSA) is 55.6 Å². The number of rotatable bonds is 1. The maximum atomic E-state index is 11.0. The van der Waals surface area contributed by atoms with Crippen molar-refractivity contribution in [1.29, 1.82) is 0 Å². The predicted octanol–water partition coefficient (Wildman–Crippen LogP) is 4.35. The van der Waals surface area contributed by atoms with Crippen LogP contribution in [0.1, 0.15) is 37.0 Å². The molecule has 2 heterocycles. The molecule has 5 nitrogen and oxygen atoms in total. The van der Waals surface area contributed by atoms with E-state index in [9.17, 15) is 10.1 Å². The fraction of sp³-hybridized carbons (Fsp3) is 0.400. The van der Waals surface area contributed by atoms with Crippen LogP contribution < -0.4 is 9.64 Å². The van der Waals surface area contributed by atoms with Crippen molar-refractivity contribution >= 4 is 11.4 Å². The maximum absolute atomic E-state index is 11.0. The van der Waals surface area contributed by atoms with Gasteiger partial charge in [-0.15, -0.1) is 0 Å². The van der Waals surface area contributed by atoms with E-state index in [0.29, 0.717) is 0 Å². The van der Waals surface area contributed by atoms with E-state index in [4.69, 9.17) is 4.74 Å². The largest absolute Gasteiger partial charge is 0.467 e. The highest BCUT2D eigenvalue weighted by atomic mass is 16.6. The van der Waals surface area contributed by atoms with Crippen molar-refractivity contribution in [2.45, 2.75) is 44.8 Å². The first kappa shape index (κ1) is 15.9. The van der Waals surface area contributed by atoms with Crippen molar-refractivity contribution in [3.05, 3.63) is 63.2 Å². The summed E-state index contributed by atoms with van der Waals surface area (Å²) in [7, 11) is 2.09. The van der Waals surface area contributed by atoms with Crippen LogP contribution in [0, 0.1) is 17.0 Å². The zero-order valence-electron chi connectivity index (χ0n) is 15.0. The van der Waals surface area contributed by atoms with Crippen LogP contribution in [0.2, 0.25) is 0 Å². The molecule has 1 unspecified atom stereocenters. The van der Waals surface area contributed by atoms with Gasteiger partial charge in [0.1, 0.15) is 5.75 Å². The molecular formula is C20H22N2O3. The number of likely N-dealkylation sites (N-methyl/N-ethyl adjacent to an activating group) is 1. The molecule has 1 spiro atoms. The van der Waals surface area contributed by atoms with Crippen LogP contribution in [0.25, 0.3) is 0 Å². The zero-order valence-corrected chi connectivity index (χ0v) is 15.0. The highest BCUT2D eigenvalue weighted by molar-refractivity contribution is 5.69. The summed E-state index contributed by atoms with van der Waals surface area (Å²) >= 11 is 0. The molecule has 0 fully saturated rings. The number of hydrogen-bond donors (Lipinski definition) is 0. The third kappa shape index (κ3) is 1.95. The number of nitro benzene ring substituents is 1. The molecule has 5 heteroatoms. The molecule has 130 valence electrons. The Bertz CT molecular complexity index is 891. The number of non-ortho nitro benzene ring substituents is 1. The third-order valence-corrected chi connectivity index (χ3v) is 6.03. The van der Waals surface area contributed by atoms with Crippen molar-refractivity contribution in [3.8, 4) is 5.75 Å². The number of nitro groups is 1. The summed E-state index contributed by atoms with van der Waals surface area (Å²) < 4.78 is 6.58. The lowest BCUT2D eigenvalue weighted by Crippen LogP contribution is -2.60. The maximum Gasteiger partial charge on any atom is 0.269 e. The number of benzene rings is 2. The fourth-order valence-electron chi connectivity index (χ4n) is 4.61. The molecule has 4 rings (SSSR count). The first-order valence-corrected chi connectivity index (χ1v) is 8.58. The minimum atomic E-state index is -0.482. The first-order chi connectivity index (χ1) is 11.8. The second-order valence-corrected chi connectivity index (χ2v) is 7.59. The lowest BCUT2D eigenvalue weighted by atomic mass is 9.74. The van der Waals surface area contributed by atoms with Crippen LogP contribution in [-0.4, -0.2) is 17.7 Å². The summed E-state index contributed by atoms with van der Waals surface area (Å²) in [6.07, 6.45) is 1.55. The van der Waals surface area contributed by atoms with E-state index in [0.717, 1.165) is 24.2 Å². The van der Waals surface area contributed by atoms with E-state index < -0.39 is 5.72 Å². The van der Waals surface area contributed by atoms with Gasteiger partial charge < -0.3 is 9.64 Å². The minimum absolute atomic E-state index is 0.122. The van der Waals surface area contributed by atoms with E-state index in [1.165, 1.54) is 22.9 Å². The van der Waals surface area contributed by atoms with Gasteiger partial charge >= 0.3 is 0 Å². The molecule has 0 aliphatic carbocycles. The summed E-state index contributed by atoms with van der Waals surface area (Å²) in [6.45, 7) is 6.58. The first-order valence-electron chi connectivity index (χ1n) is 8.58. The molecule has 2 aromatic rings. The summed E-state index contributed by atoms with van der Waals surface area (Å²) in [6, 6.07) is 11.3. The number of hydrogen-bond acceptors (Lipinski definition) is 4. The Morgan fingerprint density at radius 1 is 1.24 bits per heavy atom. The van der Waals surface area contributed by atoms with E-state index in [-0.39, 0.29) is 16.0 Å². The van der Waals surface area contributed by atoms with Crippen molar-refractivity contribution < 1.29 is 9.66 Å². The van der Waals surface area contributed by atoms with E-state index in [1.54, 1.807) is 12.1 Å². The van der Waals surface area contributed by atoms with Crippen molar-refractivity contribution in [1.82, 2.24) is 0 Å². The van der Waals surface area contributed by atoms with Crippen LogP contribution in [0.4, 0.5) is 11.4 Å². The number of fused-ring (bicyclic) bond motifs is 2. The average molecular weight is 338 g/mol. The van der Waals surface area contributed by atoms with Gasteiger partial charge in [0, 0.05) is 36.9 Å². The van der Waals surface area contributed by atoms with Gasteiger partial charge in [0.2, 0.25) is 0 Å². The second-order valence-electron chi connectivity index (χ2n) is 7.59. The normalized spacial score (nSPS) is 23.1. The van der Waals surface area contributed by atoms with Crippen LogP contribution in [0.15, 0.2) is 36.4 Å². The standard InChI is InChI=1S/C20H22N2O3/c1-13-6-5-7-16-18(13)21(4)20(19(16,2)3)11-10-14-12-15(22(23)24)8-9-17(14)25-20/h5-9,12H,10-11H2,1-4H3. The van der Waals surface area contributed by atoms with Gasteiger partial charge in [-0.1, -0.05) is 18.2 Å². The average Bonchev–Trinajstić information content (AvgIpc) is 2.74. The number of anilines is 1. The van der Waals surface area contributed by atoms with Gasteiger partial charge in [-0.25, -0.2) is 0 Å². The van der Waals surface area contributed by atoms with Crippen LogP contribution in [0.5, 0.6) is 5.75 Å². The van der Waals surface area contributed by atoms with Gasteiger partial charge in [-0.05, 0) is 44.4 Å². The van der Waals surface area contributed by atoms with E-state index in [2.05, 4.69) is 50.9 Å². The highest BCUT2D eigenvalue weighted by Crippen LogP contribution is 2.56. The summed E-state index contributed by atoms with van der Waals surface area (Å²) in [5.41, 5.74) is 4.13. The molecule has 0 amide bonds. The molecule has 25 heavy (non-hydrogen) atoms. The molecule has 0 aromatic heterocycles. The van der Waals surface area contributed by atoms with Gasteiger partial charge in [0.15, 0.2) is 5.72 Å². The van der Waals surface area contributed by atoms with Gasteiger partial charge in [-0.3, -0.25) is 10.1 Å². The van der Waals surface area contributed by atoms with Gasteiger partial charge in [0.25, 0.3) is 5.69 Å². The Morgan fingerprint density at radius 2 is 2.00 bits per heavy atom. The van der Waals surface area contributed by atoms with Crippen LogP contribution in [0.3, 0.4) is 0 Å². The number of ether oxygens (including phenoxy) is 1. The Kier molecular flexibility index (Phi) is 3.17. The third-order valence-electron chi connectivity index (χ3n) is 6.03. The fourth-order valence-corrected chi connectivity index (χ4v) is 4.61. The van der Waals surface area contributed by atoms with Gasteiger partial charge in [-0.2, -0.15) is 0 Å². The van der Waals surface area contributed by atoms with Crippen molar-refractivity contribution in [3.63, 3.8) is 0 Å². The number of para-hydroxylation sites is 1. The molecule has 0 bridgehead atoms. The summed E-state index contributed by atoms with van der Waals surface area (Å²) in [5, 5.41) is 11.0. The van der Waals surface area contributed by atoms with Crippen LogP contribution in [-0.2, 0) is 11.8 Å². The lowest BCUT2D eigenvalue weighted by molar-refractivity contribution is -0.385. The van der Waals surface area contributed by atoms with Crippen LogP contribution >= 0.6 is 0 Å². The summed E-state index contributed by atoms with van der Waals surface area (Å²) in [5.74, 6) is 0.752. The van der Waals surface area contributed by atoms with E-state index in [1.807, 2.05) is 0 Å². The Hall–Kier alpha value is -2.56. The second kappa shape index (κ2) is 4.97. The molecule has 0 saturated carbocycles. The monoisotopic (exact) mass is 338 g/mol. The molecular weight excluding hydrogens is 316 g/mol. The molecule has 1 atom stereocenters. The minimum Gasteiger partial charge on any atom is -0.467 e. The Balaban J connectivity index is 1.82. The van der Waals surface area contributed by atoms with Crippen molar-refractivity contribution in [2.24, 2.45) is 0 Å². The van der Waals surface area contributed by atoms with Gasteiger partial charge in [0.05, 0.1) is 10.3 Å². The summed E-state index contributed by atoms with van der Waals surface area (Å²) in [4.78, 5) is 12.9. The molecule has 2 aliphatic heterocycles. The quantitative estimate of drug-likeness (QED) is 0.573.